The SMILES string of the molecule is Cc1ccc(NC(=O)COC(=O)c2[nH]c(C)c(C(=O)OC(C)C)c2C)cc1[N+](=O)[O-]. The summed E-state index contributed by atoms with van der Waals surface area (Å²) in [5.74, 6) is -2.04. The van der Waals surface area contributed by atoms with Crippen molar-refractivity contribution < 1.29 is 28.8 Å². The predicted octanol–water partition coefficient (Wildman–Crippen LogP) is 3.21. The van der Waals surface area contributed by atoms with Gasteiger partial charge in [-0.3, -0.25) is 14.9 Å². The lowest BCUT2D eigenvalue weighted by Gasteiger charge is -2.08. The van der Waals surface area contributed by atoms with E-state index in [0.29, 0.717) is 16.8 Å². The lowest BCUT2D eigenvalue weighted by Crippen LogP contribution is -2.21. The standard InChI is InChI=1S/C20H23N3O7/c1-10(2)30-19(25)17-12(4)18(21-13(17)5)20(26)29-9-16(24)22-14-7-6-11(3)15(8-14)23(27)28/h6-8,10,21H,9H2,1-5H3,(H,22,24). The smallest absolute Gasteiger partial charge is 0.355 e. The average Bonchev–Trinajstić information content (AvgIpc) is 2.95. The number of amides is 1. The normalized spacial score (nSPS) is 10.6. The van der Waals surface area contributed by atoms with E-state index in [1.54, 1.807) is 34.6 Å². The van der Waals surface area contributed by atoms with Crippen LogP contribution in [0.2, 0.25) is 0 Å². The number of benzene rings is 1. The molecule has 0 aliphatic heterocycles. The summed E-state index contributed by atoms with van der Waals surface area (Å²) in [5.41, 5.74) is 1.61. The first-order chi connectivity index (χ1) is 14.0. The van der Waals surface area contributed by atoms with Crippen LogP contribution in [0.1, 0.15) is 51.5 Å². The monoisotopic (exact) mass is 417 g/mol. The van der Waals surface area contributed by atoms with Gasteiger partial charge in [-0.25, -0.2) is 9.59 Å². The number of anilines is 1. The Morgan fingerprint density at radius 3 is 2.43 bits per heavy atom. The summed E-state index contributed by atoms with van der Waals surface area (Å²) in [6.45, 7) is 7.60. The maximum atomic E-state index is 12.3. The minimum absolute atomic E-state index is 0.0435. The van der Waals surface area contributed by atoms with Crippen LogP contribution in [0.25, 0.3) is 0 Å². The summed E-state index contributed by atoms with van der Waals surface area (Å²) >= 11 is 0. The van der Waals surface area contributed by atoms with Crippen LogP contribution in [0.4, 0.5) is 11.4 Å². The van der Waals surface area contributed by atoms with E-state index in [4.69, 9.17) is 9.47 Å². The van der Waals surface area contributed by atoms with Gasteiger partial charge in [0.05, 0.1) is 16.6 Å². The highest BCUT2D eigenvalue weighted by molar-refractivity contribution is 6.00. The highest BCUT2D eigenvalue weighted by Crippen LogP contribution is 2.23. The molecule has 0 spiro atoms. The molecule has 0 aliphatic rings. The molecule has 2 N–H and O–H groups in total. The Balaban J connectivity index is 2.04. The van der Waals surface area contributed by atoms with Crippen LogP contribution in [0.5, 0.6) is 0 Å². The number of rotatable bonds is 7. The Morgan fingerprint density at radius 2 is 1.83 bits per heavy atom. The quantitative estimate of drug-likeness (QED) is 0.400. The molecule has 0 saturated heterocycles. The maximum absolute atomic E-state index is 12.3. The Bertz CT molecular complexity index is 1010. The highest BCUT2D eigenvalue weighted by Gasteiger charge is 2.25. The topological polar surface area (TPSA) is 141 Å². The lowest BCUT2D eigenvalue weighted by atomic mass is 10.1. The molecule has 1 amide bonds. The van der Waals surface area contributed by atoms with Crippen molar-refractivity contribution in [2.75, 3.05) is 11.9 Å². The molecular formula is C20H23N3O7. The number of hydrogen-bond acceptors (Lipinski definition) is 7. The van der Waals surface area contributed by atoms with E-state index < -0.39 is 29.4 Å². The van der Waals surface area contributed by atoms with Gasteiger partial charge in [0.25, 0.3) is 11.6 Å². The number of aryl methyl sites for hydroxylation is 2. The first-order valence-corrected chi connectivity index (χ1v) is 9.13. The van der Waals surface area contributed by atoms with Gasteiger partial charge in [-0.05, 0) is 46.2 Å². The Labute approximate surface area is 172 Å². The zero-order valence-corrected chi connectivity index (χ0v) is 17.3. The van der Waals surface area contributed by atoms with Crippen LogP contribution in [-0.4, -0.2) is 40.5 Å². The zero-order valence-electron chi connectivity index (χ0n) is 17.3. The third-order valence-electron chi connectivity index (χ3n) is 4.21. The van der Waals surface area contributed by atoms with Gasteiger partial charge in [-0.1, -0.05) is 6.07 Å². The van der Waals surface area contributed by atoms with Crippen molar-refractivity contribution in [3.63, 3.8) is 0 Å². The molecule has 0 bridgehead atoms. The third kappa shape index (κ3) is 5.22. The Morgan fingerprint density at radius 1 is 1.17 bits per heavy atom. The first-order valence-electron chi connectivity index (χ1n) is 9.13. The van der Waals surface area contributed by atoms with Gasteiger partial charge in [0.2, 0.25) is 0 Å². The van der Waals surface area contributed by atoms with Crippen molar-refractivity contribution in [3.05, 3.63) is 56.4 Å². The fraction of sp³-hybridized carbons (Fsp3) is 0.350. The summed E-state index contributed by atoms with van der Waals surface area (Å²) in [4.78, 5) is 49.8. The van der Waals surface area contributed by atoms with E-state index in [-0.39, 0.29) is 28.7 Å². The lowest BCUT2D eigenvalue weighted by molar-refractivity contribution is -0.385. The van der Waals surface area contributed by atoms with Crippen LogP contribution in [0.3, 0.4) is 0 Å². The van der Waals surface area contributed by atoms with E-state index in [2.05, 4.69) is 10.3 Å². The molecule has 0 atom stereocenters. The predicted molar refractivity (Wildman–Crippen MR) is 108 cm³/mol. The average molecular weight is 417 g/mol. The molecule has 0 aliphatic carbocycles. The highest BCUT2D eigenvalue weighted by atomic mass is 16.6. The number of nitrogens with zero attached hydrogens (tertiary/aromatic N) is 1. The number of nitro benzene ring substituents is 1. The zero-order chi connectivity index (χ0) is 22.6. The van der Waals surface area contributed by atoms with Crippen LogP contribution in [-0.2, 0) is 14.3 Å². The fourth-order valence-electron chi connectivity index (χ4n) is 2.82. The van der Waals surface area contributed by atoms with Crippen molar-refractivity contribution in [3.8, 4) is 0 Å². The number of H-pyrrole nitrogens is 1. The molecule has 0 fully saturated rings. The van der Waals surface area contributed by atoms with E-state index in [9.17, 15) is 24.5 Å². The number of hydrogen-bond donors (Lipinski definition) is 2. The van der Waals surface area contributed by atoms with E-state index in [1.807, 2.05) is 0 Å². The van der Waals surface area contributed by atoms with E-state index >= 15 is 0 Å². The number of carbonyl (C=O) groups is 3. The first kappa shape index (κ1) is 22.6. The van der Waals surface area contributed by atoms with Crippen LogP contribution in [0, 0.1) is 30.9 Å². The Hall–Kier alpha value is -3.69. The minimum atomic E-state index is -0.816. The molecule has 1 heterocycles. The van der Waals surface area contributed by atoms with Gasteiger partial charge in [-0.15, -0.1) is 0 Å². The second-order valence-corrected chi connectivity index (χ2v) is 6.96. The molecule has 2 aromatic rings. The minimum Gasteiger partial charge on any atom is -0.459 e. The van der Waals surface area contributed by atoms with Crippen molar-refractivity contribution in [2.24, 2.45) is 0 Å². The second kappa shape index (κ2) is 9.21. The molecule has 160 valence electrons. The van der Waals surface area contributed by atoms with Gasteiger partial charge in [-0.2, -0.15) is 0 Å². The molecule has 1 aromatic heterocycles. The number of aromatic amines is 1. The molecule has 10 nitrogen and oxygen atoms in total. The molecule has 0 saturated carbocycles. The number of nitro groups is 1. The second-order valence-electron chi connectivity index (χ2n) is 6.96. The summed E-state index contributed by atoms with van der Waals surface area (Å²) in [6.07, 6.45) is -0.317. The molecular weight excluding hydrogens is 394 g/mol. The van der Waals surface area contributed by atoms with Gasteiger partial charge < -0.3 is 19.8 Å². The van der Waals surface area contributed by atoms with Gasteiger partial charge in [0.1, 0.15) is 5.69 Å². The summed E-state index contributed by atoms with van der Waals surface area (Å²) in [7, 11) is 0. The van der Waals surface area contributed by atoms with Crippen LogP contribution >= 0.6 is 0 Å². The number of nitrogens with one attached hydrogen (secondary N) is 2. The van der Waals surface area contributed by atoms with Crippen molar-refractivity contribution in [1.29, 1.82) is 0 Å². The summed E-state index contributed by atoms with van der Waals surface area (Å²) in [6, 6.07) is 4.23. The third-order valence-corrected chi connectivity index (χ3v) is 4.21. The number of ether oxygens (including phenoxy) is 2. The number of aromatic nitrogens is 1. The molecule has 2 rings (SSSR count). The van der Waals surface area contributed by atoms with E-state index in [0.717, 1.165) is 0 Å². The Kier molecular flexibility index (Phi) is 6.93. The summed E-state index contributed by atoms with van der Waals surface area (Å²) in [5, 5.41) is 13.4. The fourth-order valence-corrected chi connectivity index (χ4v) is 2.82. The van der Waals surface area contributed by atoms with Crippen molar-refractivity contribution >= 4 is 29.2 Å². The van der Waals surface area contributed by atoms with Gasteiger partial charge in [0, 0.05) is 23.0 Å². The maximum Gasteiger partial charge on any atom is 0.355 e. The molecule has 0 unspecified atom stereocenters. The number of carbonyl (C=O) groups excluding carboxylic acids is 3. The summed E-state index contributed by atoms with van der Waals surface area (Å²) < 4.78 is 10.2. The van der Waals surface area contributed by atoms with Gasteiger partial charge >= 0.3 is 11.9 Å². The van der Waals surface area contributed by atoms with Crippen LogP contribution < -0.4 is 5.32 Å². The largest absolute Gasteiger partial charge is 0.459 e. The molecule has 30 heavy (non-hydrogen) atoms. The van der Waals surface area contributed by atoms with E-state index in [1.165, 1.54) is 18.2 Å². The number of esters is 2. The van der Waals surface area contributed by atoms with Crippen molar-refractivity contribution in [1.82, 2.24) is 4.98 Å². The molecule has 10 heteroatoms. The van der Waals surface area contributed by atoms with Crippen molar-refractivity contribution in [2.45, 2.75) is 40.7 Å². The molecule has 1 aromatic carbocycles. The van der Waals surface area contributed by atoms with Crippen LogP contribution in [0.15, 0.2) is 18.2 Å². The van der Waals surface area contributed by atoms with Gasteiger partial charge in [0.15, 0.2) is 6.61 Å². The molecule has 0 radical (unpaired) electrons.